The molecule has 3 rings (SSSR count). The standard InChI is InChI=1S/C22H20N2O3S/c1-2-27-20(25)14-18-15-28-22(23-18)24-21(26)19(17-11-7-4-8-12-17)13-16-9-5-3-6-10-16/h3-13,15H,2,14H2,1H3,(H,23,24,26). The van der Waals surface area contributed by atoms with Crippen molar-refractivity contribution >= 4 is 40.0 Å². The van der Waals surface area contributed by atoms with Crippen molar-refractivity contribution < 1.29 is 14.3 Å². The molecule has 0 radical (unpaired) electrons. The van der Waals surface area contributed by atoms with E-state index in [2.05, 4.69) is 10.3 Å². The van der Waals surface area contributed by atoms with Gasteiger partial charge in [-0.3, -0.25) is 14.9 Å². The summed E-state index contributed by atoms with van der Waals surface area (Å²) in [5, 5.41) is 5.02. The van der Waals surface area contributed by atoms with E-state index in [1.54, 1.807) is 12.3 Å². The minimum atomic E-state index is -0.334. The van der Waals surface area contributed by atoms with Crippen LogP contribution >= 0.6 is 11.3 Å². The quantitative estimate of drug-likeness (QED) is 0.367. The van der Waals surface area contributed by atoms with Gasteiger partial charge in [-0.15, -0.1) is 11.3 Å². The number of esters is 1. The summed E-state index contributed by atoms with van der Waals surface area (Å²) in [4.78, 5) is 28.8. The van der Waals surface area contributed by atoms with Crippen molar-refractivity contribution in [3.63, 3.8) is 0 Å². The van der Waals surface area contributed by atoms with E-state index in [1.165, 1.54) is 11.3 Å². The monoisotopic (exact) mass is 392 g/mol. The summed E-state index contributed by atoms with van der Waals surface area (Å²) in [6, 6.07) is 19.1. The highest BCUT2D eigenvalue weighted by Crippen LogP contribution is 2.22. The van der Waals surface area contributed by atoms with Crippen molar-refractivity contribution in [2.24, 2.45) is 0 Å². The normalized spacial score (nSPS) is 11.1. The first-order chi connectivity index (χ1) is 13.7. The van der Waals surface area contributed by atoms with Crippen LogP contribution in [0.1, 0.15) is 23.7 Å². The number of carbonyl (C=O) groups excluding carboxylic acids is 2. The Balaban J connectivity index is 1.80. The third-order valence-electron chi connectivity index (χ3n) is 3.84. The number of ether oxygens (including phenoxy) is 1. The van der Waals surface area contributed by atoms with Crippen LogP contribution in [-0.4, -0.2) is 23.5 Å². The number of hydrogen-bond donors (Lipinski definition) is 1. The van der Waals surface area contributed by atoms with Gasteiger partial charge in [-0.1, -0.05) is 60.7 Å². The van der Waals surface area contributed by atoms with Crippen LogP contribution in [0.15, 0.2) is 66.0 Å². The fourth-order valence-electron chi connectivity index (χ4n) is 2.58. The number of benzene rings is 2. The minimum absolute atomic E-state index is 0.0889. The van der Waals surface area contributed by atoms with E-state index in [4.69, 9.17) is 4.74 Å². The molecule has 28 heavy (non-hydrogen) atoms. The summed E-state index contributed by atoms with van der Waals surface area (Å²) < 4.78 is 4.93. The Labute approximate surface area is 167 Å². The molecule has 0 aliphatic heterocycles. The first-order valence-corrected chi connectivity index (χ1v) is 9.77. The van der Waals surface area contributed by atoms with E-state index in [-0.39, 0.29) is 18.3 Å². The predicted octanol–water partition coefficient (Wildman–Crippen LogP) is 4.43. The Morgan fingerprint density at radius 1 is 1.07 bits per heavy atom. The lowest BCUT2D eigenvalue weighted by Crippen LogP contribution is -2.14. The summed E-state index contributed by atoms with van der Waals surface area (Å²) in [7, 11) is 0. The summed E-state index contributed by atoms with van der Waals surface area (Å²) in [6.07, 6.45) is 1.93. The molecule has 5 nitrogen and oxygen atoms in total. The van der Waals surface area contributed by atoms with E-state index in [0.29, 0.717) is 23.0 Å². The van der Waals surface area contributed by atoms with Crippen molar-refractivity contribution in [2.45, 2.75) is 13.3 Å². The average molecular weight is 392 g/mol. The SMILES string of the molecule is CCOC(=O)Cc1csc(NC(=O)C(=Cc2ccccc2)c2ccccc2)n1. The number of rotatable bonds is 7. The van der Waals surface area contributed by atoms with Gasteiger partial charge in [0.05, 0.1) is 18.7 Å². The first-order valence-electron chi connectivity index (χ1n) is 8.89. The number of nitrogens with one attached hydrogen (secondary N) is 1. The molecule has 1 N–H and O–H groups in total. The molecule has 142 valence electrons. The fourth-order valence-corrected chi connectivity index (χ4v) is 3.29. The van der Waals surface area contributed by atoms with Gasteiger partial charge in [0.25, 0.3) is 5.91 Å². The van der Waals surface area contributed by atoms with Crippen LogP contribution in [0.4, 0.5) is 5.13 Å². The van der Waals surface area contributed by atoms with Gasteiger partial charge in [0.2, 0.25) is 0 Å². The molecule has 0 spiro atoms. The maximum Gasteiger partial charge on any atom is 0.311 e. The van der Waals surface area contributed by atoms with Crippen molar-refractivity contribution in [1.82, 2.24) is 4.98 Å². The van der Waals surface area contributed by atoms with Gasteiger partial charge in [0.1, 0.15) is 0 Å². The molecule has 0 bridgehead atoms. The summed E-state index contributed by atoms with van der Waals surface area (Å²) in [5.41, 5.74) is 2.85. The van der Waals surface area contributed by atoms with E-state index >= 15 is 0 Å². The third kappa shape index (κ3) is 5.37. The van der Waals surface area contributed by atoms with Crippen LogP contribution in [0.5, 0.6) is 0 Å². The lowest BCUT2D eigenvalue weighted by molar-refractivity contribution is -0.142. The minimum Gasteiger partial charge on any atom is -0.466 e. The molecule has 6 heteroatoms. The molecule has 1 heterocycles. The number of thiazole rings is 1. The number of nitrogens with zero attached hydrogens (tertiary/aromatic N) is 1. The highest BCUT2D eigenvalue weighted by molar-refractivity contribution is 7.14. The Morgan fingerprint density at radius 3 is 2.43 bits per heavy atom. The zero-order valence-corrected chi connectivity index (χ0v) is 16.2. The number of anilines is 1. The molecule has 0 saturated heterocycles. The highest BCUT2D eigenvalue weighted by Gasteiger charge is 2.15. The summed E-state index contributed by atoms with van der Waals surface area (Å²) >= 11 is 1.28. The number of amides is 1. The molecule has 1 aromatic heterocycles. The fraction of sp³-hybridized carbons (Fsp3) is 0.136. The van der Waals surface area contributed by atoms with Crippen molar-refractivity contribution in [2.75, 3.05) is 11.9 Å². The average Bonchev–Trinajstić information content (AvgIpc) is 3.14. The molecule has 0 atom stereocenters. The summed E-state index contributed by atoms with van der Waals surface area (Å²) in [5.74, 6) is -0.591. The predicted molar refractivity (Wildman–Crippen MR) is 112 cm³/mol. The van der Waals surface area contributed by atoms with E-state index in [9.17, 15) is 9.59 Å². The van der Waals surface area contributed by atoms with Crippen LogP contribution in [0.3, 0.4) is 0 Å². The van der Waals surface area contributed by atoms with Gasteiger partial charge in [-0.05, 0) is 24.1 Å². The lowest BCUT2D eigenvalue weighted by atomic mass is 10.0. The van der Waals surface area contributed by atoms with Crippen LogP contribution in [0, 0.1) is 0 Å². The number of aromatic nitrogens is 1. The zero-order chi connectivity index (χ0) is 19.8. The Morgan fingerprint density at radius 2 is 1.75 bits per heavy atom. The second-order valence-electron chi connectivity index (χ2n) is 5.91. The van der Waals surface area contributed by atoms with E-state index in [1.807, 2.05) is 66.7 Å². The van der Waals surface area contributed by atoms with Gasteiger partial charge in [0, 0.05) is 11.0 Å². The number of hydrogen-bond acceptors (Lipinski definition) is 5. The maximum atomic E-state index is 12.9. The summed E-state index contributed by atoms with van der Waals surface area (Å²) in [6.45, 7) is 2.09. The highest BCUT2D eigenvalue weighted by atomic mass is 32.1. The van der Waals surface area contributed by atoms with E-state index in [0.717, 1.165) is 11.1 Å². The molecule has 2 aromatic carbocycles. The molecular formula is C22H20N2O3S. The molecule has 0 unspecified atom stereocenters. The van der Waals surface area contributed by atoms with Crippen molar-refractivity contribution in [3.8, 4) is 0 Å². The van der Waals surface area contributed by atoms with Gasteiger partial charge < -0.3 is 4.74 Å². The van der Waals surface area contributed by atoms with Crippen molar-refractivity contribution in [1.29, 1.82) is 0 Å². The molecular weight excluding hydrogens is 372 g/mol. The number of carbonyl (C=O) groups is 2. The molecule has 0 aliphatic carbocycles. The van der Waals surface area contributed by atoms with Crippen LogP contribution < -0.4 is 5.32 Å². The van der Waals surface area contributed by atoms with Crippen LogP contribution in [0.2, 0.25) is 0 Å². The lowest BCUT2D eigenvalue weighted by Gasteiger charge is -2.08. The first kappa shape index (κ1) is 19.5. The Kier molecular flexibility index (Phi) is 6.70. The van der Waals surface area contributed by atoms with Crippen molar-refractivity contribution in [3.05, 3.63) is 82.9 Å². The van der Waals surface area contributed by atoms with Gasteiger partial charge >= 0.3 is 5.97 Å². The molecule has 1 amide bonds. The zero-order valence-electron chi connectivity index (χ0n) is 15.4. The van der Waals surface area contributed by atoms with Gasteiger partial charge in [-0.25, -0.2) is 4.98 Å². The molecule has 3 aromatic rings. The second kappa shape index (κ2) is 9.62. The van der Waals surface area contributed by atoms with E-state index < -0.39 is 0 Å². The van der Waals surface area contributed by atoms with Gasteiger partial charge in [0.15, 0.2) is 5.13 Å². The smallest absolute Gasteiger partial charge is 0.311 e. The molecule has 0 fully saturated rings. The maximum absolute atomic E-state index is 12.9. The van der Waals surface area contributed by atoms with Crippen LogP contribution in [-0.2, 0) is 20.7 Å². The third-order valence-corrected chi connectivity index (χ3v) is 4.65. The topological polar surface area (TPSA) is 68.3 Å². The Bertz CT molecular complexity index is 966. The largest absolute Gasteiger partial charge is 0.466 e. The molecule has 0 aliphatic rings. The Hall–Kier alpha value is -3.25. The second-order valence-corrected chi connectivity index (χ2v) is 6.77. The van der Waals surface area contributed by atoms with Gasteiger partial charge in [-0.2, -0.15) is 0 Å². The molecule has 0 saturated carbocycles. The van der Waals surface area contributed by atoms with Crippen LogP contribution in [0.25, 0.3) is 11.6 Å².